The fraction of sp³-hybridized carbons (Fsp3) is 0.455. The molecule has 27 heavy (non-hydrogen) atoms. The number of hydrogen-bond donors (Lipinski definition) is 0. The van der Waals surface area contributed by atoms with E-state index in [2.05, 4.69) is 32.2 Å². The molecule has 2 rings (SSSR count). The van der Waals surface area contributed by atoms with Gasteiger partial charge in [0.2, 0.25) is 11.8 Å². The van der Waals surface area contributed by atoms with Gasteiger partial charge in [-0.05, 0) is 35.4 Å². The summed E-state index contributed by atoms with van der Waals surface area (Å²) in [6.07, 6.45) is 0.419. The van der Waals surface area contributed by atoms with E-state index in [9.17, 15) is 9.59 Å². The second kappa shape index (κ2) is 10.3. The lowest BCUT2D eigenvalue weighted by molar-refractivity contribution is -0.141. The lowest BCUT2D eigenvalue weighted by Gasteiger charge is -2.28. The summed E-state index contributed by atoms with van der Waals surface area (Å²) in [5, 5.41) is 2.06. The molecule has 0 aliphatic carbocycles. The largest absolute Gasteiger partial charge is 0.333 e. The lowest BCUT2D eigenvalue weighted by Crippen LogP contribution is -2.43. The zero-order valence-corrected chi connectivity index (χ0v) is 17.6. The third-order valence-electron chi connectivity index (χ3n) is 4.44. The molecule has 4 nitrogen and oxygen atoms in total. The number of hydrogen-bond acceptors (Lipinski definition) is 3. The van der Waals surface area contributed by atoms with Gasteiger partial charge in [0.1, 0.15) is 0 Å². The van der Waals surface area contributed by atoms with Gasteiger partial charge < -0.3 is 9.80 Å². The molecule has 146 valence electrons. The van der Waals surface area contributed by atoms with Crippen LogP contribution >= 0.6 is 11.3 Å². The Kier molecular flexibility index (Phi) is 8.04. The molecule has 2 amide bonds. The van der Waals surface area contributed by atoms with Crippen LogP contribution in [-0.4, -0.2) is 34.7 Å². The van der Waals surface area contributed by atoms with Crippen LogP contribution in [0, 0.1) is 12.8 Å². The van der Waals surface area contributed by atoms with Crippen molar-refractivity contribution in [1.82, 2.24) is 9.80 Å². The molecule has 0 radical (unpaired) electrons. The van der Waals surface area contributed by atoms with Gasteiger partial charge in [-0.15, -0.1) is 11.3 Å². The van der Waals surface area contributed by atoms with E-state index < -0.39 is 0 Å². The van der Waals surface area contributed by atoms with E-state index in [1.54, 1.807) is 16.2 Å². The van der Waals surface area contributed by atoms with Crippen LogP contribution in [0.4, 0.5) is 0 Å². The predicted octanol–water partition coefficient (Wildman–Crippen LogP) is 4.48. The number of thiophene rings is 1. The average Bonchev–Trinajstić information content (AvgIpc) is 3.05. The number of carbonyl (C=O) groups excluding carboxylic acids is 2. The number of amides is 2. The van der Waals surface area contributed by atoms with Crippen LogP contribution in [0.25, 0.3) is 0 Å². The number of aryl methyl sites for hydroxylation is 1. The highest BCUT2D eigenvalue weighted by molar-refractivity contribution is 7.10. The predicted molar refractivity (Wildman–Crippen MR) is 111 cm³/mol. The van der Waals surface area contributed by atoms with Crippen LogP contribution < -0.4 is 0 Å². The molecule has 1 aromatic carbocycles. The highest BCUT2D eigenvalue weighted by Gasteiger charge is 2.22. The Balaban J connectivity index is 2.18. The molecule has 5 heteroatoms. The van der Waals surface area contributed by atoms with E-state index in [0.29, 0.717) is 32.0 Å². The maximum Gasteiger partial charge on any atom is 0.242 e. The van der Waals surface area contributed by atoms with Crippen LogP contribution in [0.5, 0.6) is 0 Å². The second-order valence-corrected chi connectivity index (χ2v) is 8.28. The zero-order chi connectivity index (χ0) is 19.8. The molecular weight excluding hydrogens is 356 g/mol. The van der Waals surface area contributed by atoms with Crippen LogP contribution in [0.2, 0.25) is 0 Å². The first-order valence-corrected chi connectivity index (χ1v) is 10.4. The quantitative estimate of drug-likeness (QED) is 0.637. The second-order valence-electron chi connectivity index (χ2n) is 7.28. The van der Waals surface area contributed by atoms with E-state index in [-0.39, 0.29) is 18.4 Å². The highest BCUT2D eigenvalue weighted by Crippen LogP contribution is 2.20. The molecule has 0 aliphatic heterocycles. The Morgan fingerprint density at radius 1 is 1.00 bits per heavy atom. The van der Waals surface area contributed by atoms with Crippen LogP contribution in [0.1, 0.15) is 43.2 Å². The average molecular weight is 387 g/mol. The number of carbonyl (C=O) groups is 2. The molecule has 0 saturated heterocycles. The van der Waals surface area contributed by atoms with Gasteiger partial charge in [0.15, 0.2) is 0 Å². The van der Waals surface area contributed by atoms with E-state index in [1.165, 1.54) is 10.4 Å². The van der Waals surface area contributed by atoms with Gasteiger partial charge in [0, 0.05) is 24.4 Å². The van der Waals surface area contributed by atoms with E-state index in [1.807, 2.05) is 42.2 Å². The Bertz CT molecular complexity index is 740. The Labute approximate surface area is 166 Å². The summed E-state index contributed by atoms with van der Waals surface area (Å²) >= 11 is 1.67. The SMILES string of the molecule is CCC(=O)N(CC(=O)N(Cc1ccccc1)Cc1sccc1C)CC(C)C. The first-order chi connectivity index (χ1) is 12.9. The summed E-state index contributed by atoms with van der Waals surface area (Å²) < 4.78 is 0. The number of nitrogens with zero attached hydrogens (tertiary/aromatic N) is 2. The first-order valence-electron chi connectivity index (χ1n) is 9.53. The molecule has 0 fully saturated rings. The van der Waals surface area contributed by atoms with E-state index in [4.69, 9.17) is 0 Å². The fourth-order valence-corrected chi connectivity index (χ4v) is 3.88. The summed E-state index contributed by atoms with van der Waals surface area (Å²) in [5.74, 6) is 0.355. The molecule has 0 unspecified atom stereocenters. The van der Waals surface area contributed by atoms with Crippen molar-refractivity contribution >= 4 is 23.2 Å². The number of rotatable bonds is 9. The molecule has 0 bridgehead atoms. The summed E-state index contributed by atoms with van der Waals surface area (Å²) in [7, 11) is 0. The van der Waals surface area contributed by atoms with Gasteiger partial charge in [-0.2, -0.15) is 0 Å². The summed E-state index contributed by atoms with van der Waals surface area (Å²) in [6, 6.07) is 12.1. The van der Waals surface area contributed by atoms with Gasteiger partial charge >= 0.3 is 0 Å². The topological polar surface area (TPSA) is 40.6 Å². The lowest BCUT2D eigenvalue weighted by atomic mass is 10.1. The fourth-order valence-electron chi connectivity index (χ4n) is 2.96. The van der Waals surface area contributed by atoms with Crippen molar-refractivity contribution in [2.24, 2.45) is 5.92 Å². The molecule has 0 atom stereocenters. The van der Waals surface area contributed by atoms with E-state index >= 15 is 0 Å². The van der Waals surface area contributed by atoms with Crippen molar-refractivity contribution in [2.45, 2.75) is 47.2 Å². The Morgan fingerprint density at radius 2 is 1.70 bits per heavy atom. The Morgan fingerprint density at radius 3 is 2.26 bits per heavy atom. The molecule has 0 spiro atoms. The monoisotopic (exact) mass is 386 g/mol. The third-order valence-corrected chi connectivity index (χ3v) is 5.45. The summed E-state index contributed by atoms with van der Waals surface area (Å²) in [6.45, 7) is 9.92. The minimum atomic E-state index is -0.00546. The molecular formula is C22H30N2O2S. The standard InChI is InChI=1S/C22H30N2O2S/c1-5-21(25)23(13-17(2)3)16-22(26)24(14-19-9-7-6-8-10-19)15-20-18(4)11-12-27-20/h6-12,17H,5,13-16H2,1-4H3. The molecule has 1 aromatic heterocycles. The molecule has 1 heterocycles. The van der Waals surface area contributed by atoms with Crippen molar-refractivity contribution < 1.29 is 9.59 Å². The minimum Gasteiger partial charge on any atom is -0.333 e. The third kappa shape index (κ3) is 6.51. The van der Waals surface area contributed by atoms with Crippen molar-refractivity contribution in [1.29, 1.82) is 0 Å². The molecule has 2 aromatic rings. The first kappa shape index (κ1) is 21.2. The van der Waals surface area contributed by atoms with Gasteiger partial charge in [-0.1, -0.05) is 51.1 Å². The molecule has 0 saturated carbocycles. The molecule has 0 aliphatic rings. The van der Waals surface area contributed by atoms with Gasteiger partial charge in [0.05, 0.1) is 13.1 Å². The van der Waals surface area contributed by atoms with Crippen molar-refractivity contribution in [3.05, 3.63) is 57.8 Å². The highest BCUT2D eigenvalue weighted by atomic mass is 32.1. The van der Waals surface area contributed by atoms with Crippen molar-refractivity contribution in [2.75, 3.05) is 13.1 Å². The normalized spacial score (nSPS) is 10.9. The van der Waals surface area contributed by atoms with Crippen LogP contribution in [0.15, 0.2) is 41.8 Å². The summed E-state index contributed by atoms with van der Waals surface area (Å²) in [4.78, 5) is 30.2. The van der Waals surface area contributed by atoms with Crippen LogP contribution in [0.3, 0.4) is 0 Å². The van der Waals surface area contributed by atoms with Gasteiger partial charge in [-0.25, -0.2) is 0 Å². The maximum absolute atomic E-state index is 13.1. The van der Waals surface area contributed by atoms with E-state index in [0.717, 1.165) is 5.56 Å². The van der Waals surface area contributed by atoms with Crippen molar-refractivity contribution in [3.8, 4) is 0 Å². The van der Waals surface area contributed by atoms with Crippen LogP contribution in [-0.2, 0) is 22.7 Å². The molecule has 0 N–H and O–H groups in total. The zero-order valence-electron chi connectivity index (χ0n) is 16.8. The van der Waals surface area contributed by atoms with Gasteiger partial charge in [0.25, 0.3) is 0 Å². The summed E-state index contributed by atoms with van der Waals surface area (Å²) in [5.41, 5.74) is 2.30. The Hall–Kier alpha value is -2.14. The number of benzene rings is 1. The smallest absolute Gasteiger partial charge is 0.242 e. The minimum absolute atomic E-state index is 0.00546. The maximum atomic E-state index is 13.1. The van der Waals surface area contributed by atoms with Crippen molar-refractivity contribution in [3.63, 3.8) is 0 Å². The van der Waals surface area contributed by atoms with Gasteiger partial charge in [-0.3, -0.25) is 9.59 Å².